The van der Waals surface area contributed by atoms with Gasteiger partial charge in [0.1, 0.15) is 11.5 Å². The molecule has 1 N–H and O–H groups in total. The molecule has 0 bridgehead atoms. The Morgan fingerprint density at radius 1 is 1.21 bits per heavy atom. The zero-order valence-electron chi connectivity index (χ0n) is 11.5. The van der Waals surface area contributed by atoms with Crippen LogP contribution in [-0.2, 0) is 6.42 Å². The molecule has 1 atom stereocenters. The fraction of sp³-hybridized carbons (Fsp3) is 0.333. The summed E-state index contributed by atoms with van der Waals surface area (Å²) in [7, 11) is 5.33. The van der Waals surface area contributed by atoms with Crippen molar-refractivity contribution in [3.8, 4) is 11.5 Å². The van der Waals surface area contributed by atoms with Gasteiger partial charge >= 0.3 is 0 Å². The van der Waals surface area contributed by atoms with Crippen LogP contribution in [0.1, 0.15) is 16.5 Å². The predicted octanol–water partition coefficient (Wildman–Crippen LogP) is 3.27. The maximum atomic E-state index is 5.47. The van der Waals surface area contributed by atoms with E-state index in [1.165, 1.54) is 4.88 Å². The maximum absolute atomic E-state index is 5.47. The summed E-state index contributed by atoms with van der Waals surface area (Å²) in [5.74, 6) is 1.67. The zero-order chi connectivity index (χ0) is 13.7. The average molecular weight is 277 g/mol. The molecular formula is C15H19NO2S. The number of rotatable bonds is 6. The maximum Gasteiger partial charge on any atom is 0.127 e. The fourth-order valence-corrected chi connectivity index (χ4v) is 2.86. The molecule has 0 spiro atoms. The monoisotopic (exact) mass is 277 g/mol. The molecule has 1 aromatic heterocycles. The highest BCUT2D eigenvalue weighted by Gasteiger charge is 2.16. The summed E-state index contributed by atoms with van der Waals surface area (Å²) in [5, 5.41) is 5.46. The van der Waals surface area contributed by atoms with Gasteiger partial charge in [-0.05, 0) is 24.6 Å². The highest BCUT2D eigenvalue weighted by atomic mass is 32.1. The van der Waals surface area contributed by atoms with Crippen LogP contribution in [0.4, 0.5) is 0 Å². The lowest BCUT2D eigenvalue weighted by molar-refractivity contribution is 0.385. The van der Waals surface area contributed by atoms with Crippen molar-refractivity contribution >= 4 is 11.3 Å². The van der Waals surface area contributed by atoms with Gasteiger partial charge in [-0.15, -0.1) is 11.3 Å². The Bertz CT molecular complexity index is 511. The molecule has 0 fully saturated rings. The van der Waals surface area contributed by atoms with E-state index < -0.39 is 0 Å². The molecule has 1 aromatic carbocycles. The molecule has 102 valence electrons. The Balaban J connectivity index is 2.26. The first kappa shape index (κ1) is 13.9. The Labute approximate surface area is 118 Å². The van der Waals surface area contributed by atoms with E-state index in [1.54, 1.807) is 25.6 Å². The predicted molar refractivity (Wildman–Crippen MR) is 79.4 cm³/mol. The van der Waals surface area contributed by atoms with E-state index in [4.69, 9.17) is 9.47 Å². The number of nitrogens with one attached hydrogen (secondary N) is 1. The molecule has 0 amide bonds. The van der Waals surface area contributed by atoms with E-state index in [9.17, 15) is 0 Å². The van der Waals surface area contributed by atoms with Crippen molar-refractivity contribution in [3.63, 3.8) is 0 Å². The van der Waals surface area contributed by atoms with Gasteiger partial charge in [0.2, 0.25) is 0 Å². The van der Waals surface area contributed by atoms with Crippen molar-refractivity contribution in [2.24, 2.45) is 0 Å². The van der Waals surface area contributed by atoms with Crippen molar-refractivity contribution in [1.29, 1.82) is 0 Å². The lowest BCUT2D eigenvalue weighted by atomic mass is 10.0. The van der Waals surface area contributed by atoms with Crippen LogP contribution in [0.15, 0.2) is 35.7 Å². The Hall–Kier alpha value is -1.52. The second-order valence-corrected chi connectivity index (χ2v) is 5.26. The lowest BCUT2D eigenvalue weighted by Crippen LogP contribution is -2.19. The molecule has 0 aliphatic rings. The number of hydrogen-bond donors (Lipinski definition) is 1. The summed E-state index contributed by atoms with van der Waals surface area (Å²) in [4.78, 5) is 1.36. The topological polar surface area (TPSA) is 30.5 Å². The van der Waals surface area contributed by atoms with Gasteiger partial charge in [0.25, 0.3) is 0 Å². The summed E-state index contributed by atoms with van der Waals surface area (Å²) in [6.45, 7) is 0. The van der Waals surface area contributed by atoms with Crippen molar-refractivity contribution in [3.05, 3.63) is 46.2 Å². The van der Waals surface area contributed by atoms with Gasteiger partial charge in [0.05, 0.1) is 14.2 Å². The van der Waals surface area contributed by atoms with Crippen LogP contribution >= 0.6 is 11.3 Å². The molecule has 3 nitrogen and oxygen atoms in total. The summed E-state index contributed by atoms with van der Waals surface area (Å²) in [5.41, 5.74) is 1.15. The number of thiophene rings is 1. The number of ether oxygens (including phenoxy) is 2. The first-order valence-corrected chi connectivity index (χ1v) is 7.08. The first-order valence-electron chi connectivity index (χ1n) is 6.20. The van der Waals surface area contributed by atoms with Gasteiger partial charge in [0, 0.05) is 29.0 Å². The SMILES string of the molecule is CNC(Cc1cccs1)c1ccc(OC)cc1OC. The fourth-order valence-electron chi connectivity index (χ4n) is 2.10. The minimum Gasteiger partial charge on any atom is -0.497 e. The molecule has 0 saturated heterocycles. The average Bonchev–Trinajstić information content (AvgIpc) is 2.97. The molecular weight excluding hydrogens is 258 g/mol. The van der Waals surface area contributed by atoms with Crippen molar-refractivity contribution in [2.75, 3.05) is 21.3 Å². The van der Waals surface area contributed by atoms with E-state index in [1.807, 2.05) is 19.2 Å². The van der Waals surface area contributed by atoms with Gasteiger partial charge in [-0.2, -0.15) is 0 Å². The van der Waals surface area contributed by atoms with Gasteiger partial charge in [-0.25, -0.2) is 0 Å². The van der Waals surface area contributed by atoms with Crippen LogP contribution in [-0.4, -0.2) is 21.3 Å². The van der Waals surface area contributed by atoms with Crippen molar-refractivity contribution in [2.45, 2.75) is 12.5 Å². The minimum atomic E-state index is 0.236. The van der Waals surface area contributed by atoms with Crippen LogP contribution < -0.4 is 14.8 Å². The molecule has 0 saturated carbocycles. The third kappa shape index (κ3) is 3.28. The van der Waals surface area contributed by atoms with E-state index >= 15 is 0 Å². The molecule has 2 aromatic rings. The third-order valence-electron chi connectivity index (χ3n) is 3.15. The summed E-state index contributed by atoms with van der Waals surface area (Å²) in [6.07, 6.45) is 0.955. The number of hydrogen-bond acceptors (Lipinski definition) is 4. The summed E-state index contributed by atoms with van der Waals surface area (Å²) >= 11 is 1.78. The van der Waals surface area contributed by atoms with Gasteiger partial charge in [-0.1, -0.05) is 12.1 Å². The van der Waals surface area contributed by atoms with Crippen LogP contribution in [0.3, 0.4) is 0 Å². The number of likely N-dealkylation sites (N-methyl/N-ethyl adjacent to an activating group) is 1. The smallest absolute Gasteiger partial charge is 0.127 e. The second-order valence-electron chi connectivity index (χ2n) is 4.23. The Morgan fingerprint density at radius 3 is 2.63 bits per heavy atom. The van der Waals surface area contributed by atoms with Crippen LogP contribution in [0, 0.1) is 0 Å². The van der Waals surface area contributed by atoms with Crippen LogP contribution in [0.25, 0.3) is 0 Å². The van der Waals surface area contributed by atoms with Gasteiger partial charge in [-0.3, -0.25) is 0 Å². The van der Waals surface area contributed by atoms with Crippen LogP contribution in [0.5, 0.6) is 11.5 Å². The van der Waals surface area contributed by atoms with Crippen LogP contribution in [0.2, 0.25) is 0 Å². The Morgan fingerprint density at radius 2 is 2.05 bits per heavy atom. The van der Waals surface area contributed by atoms with Gasteiger partial charge in [0.15, 0.2) is 0 Å². The van der Waals surface area contributed by atoms with E-state index in [0.29, 0.717) is 0 Å². The number of methoxy groups -OCH3 is 2. The largest absolute Gasteiger partial charge is 0.497 e. The van der Waals surface area contributed by atoms with E-state index in [0.717, 1.165) is 23.5 Å². The summed E-state index contributed by atoms with van der Waals surface area (Å²) < 4.78 is 10.7. The molecule has 2 rings (SSSR count). The quantitative estimate of drug-likeness (QED) is 0.879. The number of benzene rings is 1. The highest BCUT2D eigenvalue weighted by molar-refractivity contribution is 7.09. The zero-order valence-corrected chi connectivity index (χ0v) is 12.3. The molecule has 4 heteroatoms. The molecule has 1 unspecified atom stereocenters. The third-order valence-corrected chi connectivity index (χ3v) is 4.05. The standard InChI is InChI=1S/C15H19NO2S/c1-16-14(10-12-5-4-8-19-12)13-7-6-11(17-2)9-15(13)18-3/h4-9,14,16H,10H2,1-3H3. The van der Waals surface area contributed by atoms with Crippen molar-refractivity contribution < 1.29 is 9.47 Å². The van der Waals surface area contributed by atoms with E-state index in [2.05, 4.69) is 28.9 Å². The molecule has 0 radical (unpaired) electrons. The highest BCUT2D eigenvalue weighted by Crippen LogP contribution is 2.31. The Kier molecular flexibility index (Phi) is 4.82. The van der Waals surface area contributed by atoms with Crippen molar-refractivity contribution in [1.82, 2.24) is 5.32 Å². The minimum absolute atomic E-state index is 0.236. The molecule has 1 heterocycles. The molecule has 19 heavy (non-hydrogen) atoms. The van der Waals surface area contributed by atoms with E-state index in [-0.39, 0.29) is 6.04 Å². The summed E-state index contributed by atoms with van der Waals surface area (Å²) in [6, 6.07) is 10.4. The first-order chi connectivity index (χ1) is 9.28. The second kappa shape index (κ2) is 6.59. The molecule has 0 aliphatic carbocycles. The van der Waals surface area contributed by atoms with Gasteiger partial charge < -0.3 is 14.8 Å². The molecule has 0 aliphatic heterocycles. The normalized spacial score (nSPS) is 12.2. The lowest BCUT2D eigenvalue weighted by Gasteiger charge is -2.19.